The number of carbonyl (C=O) groups excluding carboxylic acids is 2. The molecule has 3 N–H and O–H groups in total. The number of hydrogen-bond donors (Lipinski definition) is 3. The normalized spacial score (nSPS) is 26.7. The molecule has 7 heteroatoms. The molecule has 0 aliphatic heterocycles. The van der Waals surface area contributed by atoms with Crippen molar-refractivity contribution >= 4 is 18.0 Å². The first-order chi connectivity index (χ1) is 16.9. The molecule has 2 aromatic rings. The van der Waals surface area contributed by atoms with Gasteiger partial charge < -0.3 is 20.5 Å². The summed E-state index contributed by atoms with van der Waals surface area (Å²) in [4.78, 5) is 37.4. The third-order valence-corrected chi connectivity index (χ3v) is 8.40. The Hall–Kier alpha value is -3.35. The van der Waals surface area contributed by atoms with Crippen LogP contribution in [0.25, 0.3) is 11.1 Å². The van der Waals surface area contributed by atoms with Gasteiger partial charge in [-0.05, 0) is 59.8 Å². The number of rotatable bonds is 8. The van der Waals surface area contributed by atoms with Crippen LogP contribution in [0.2, 0.25) is 0 Å². The summed E-state index contributed by atoms with van der Waals surface area (Å²) in [6, 6.07) is 15.5. The van der Waals surface area contributed by atoms with Crippen LogP contribution in [0, 0.1) is 17.3 Å². The van der Waals surface area contributed by atoms with Crippen molar-refractivity contribution in [2.75, 3.05) is 6.61 Å². The van der Waals surface area contributed by atoms with E-state index in [1.165, 1.54) is 0 Å². The summed E-state index contributed by atoms with van der Waals surface area (Å²) in [6.45, 7) is 0.197. The molecule has 0 bridgehead atoms. The molecule has 182 valence electrons. The number of carboxylic acid groups (broad SMARTS) is 1. The number of aliphatic carboxylic acids is 1. The van der Waals surface area contributed by atoms with Crippen LogP contribution in [0.4, 0.5) is 4.79 Å². The van der Waals surface area contributed by atoms with Crippen molar-refractivity contribution in [1.29, 1.82) is 0 Å². The van der Waals surface area contributed by atoms with Gasteiger partial charge in [0.25, 0.3) is 0 Å². The highest BCUT2D eigenvalue weighted by Crippen LogP contribution is 2.63. The summed E-state index contributed by atoms with van der Waals surface area (Å²) >= 11 is 0. The minimum absolute atomic E-state index is 0.0405. The van der Waals surface area contributed by atoms with Crippen molar-refractivity contribution in [3.63, 3.8) is 0 Å². The fourth-order valence-corrected chi connectivity index (χ4v) is 6.27. The zero-order valence-corrected chi connectivity index (χ0v) is 19.5. The Balaban J connectivity index is 1.08. The highest BCUT2D eigenvalue weighted by atomic mass is 16.5. The van der Waals surface area contributed by atoms with Gasteiger partial charge in [0.1, 0.15) is 12.6 Å². The highest BCUT2D eigenvalue weighted by molar-refractivity contribution is 5.86. The molecular weight excluding hydrogens is 444 g/mol. The van der Waals surface area contributed by atoms with E-state index in [0.29, 0.717) is 31.6 Å². The van der Waals surface area contributed by atoms with Gasteiger partial charge >= 0.3 is 12.1 Å². The highest BCUT2D eigenvalue weighted by Gasteiger charge is 2.65. The van der Waals surface area contributed by atoms with E-state index in [1.54, 1.807) is 0 Å². The van der Waals surface area contributed by atoms with Gasteiger partial charge in [0.15, 0.2) is 0 Å². The molecule has 0 heterocycles. The van der Waals surface area contributed by atoms with Crippen LogP contribution in [0.3, 0.4) is 0 Å². The first-order valence-corrected chi connectivity index (χ1v) is 12.6. The Labute approximate surface area is 204 Å². The molecule has 35 heavy (non-hydrogen) atoms. The summed E-state index contributed by atoms with van der Waals surface area (Å²) in [5.74, 6) is -0.451. The summed E-state index contributed by atoms with van der Waals surface area (Å²) in [5, 5.41) is 15.3. The Morgan fingerprint density at radius 2 is 1.66 bits per heavy atom. The standard InChI is InChI=1S/C28H30N2O5/c31-25(29-18-12-17-13-28(17,14-18)26(32)33)24(11-16-9-10-16)30-27(34)35-15-23-21-7-3-1-5-19(21)20-6-2-4-8-22(20)23/h1-8,16-18,23-24H,9-15H2,(H,29,31)(H,30,34)(H,32,33)/t17-,18+,24-,28+/m0/s1. The topological polar surface area (TPSA) is 105 Å². The van der Waals surface area contributed by atoms with Crippen LogP contribution < -0.4 is 10.6 Å². The molecule has 2 amide bonds. The molecule has 0 saturated heterocycles. The van der Waals surface area contributed by atoms with E-state index in [9.17, 15) is 19.5 Å². The number of amides is 2. The molecule has 4 aliphatic rings. The number of carbonyl (C=O) groups is 3. The number of hydrogen-bond acceptors (Lipinski definition) is 4. The largest absolute Gasteiger partial charge is 0.481 e. The second kappa shape index (κ2) is 8.40. The van der Waals surface area contributed by atoms with Crippen LogP contribution >= 0.6 is 0 Å². The molecule has 6 rings (SSSR count). The third-order valence-electron chi connectivity index (χ3n) is 8.40. The van der Waals surface area contributed by atoms with Crippen LogP contribution in [0.15, 0.2) is 48.5 Å². The molecule has 0 aromatic heterocycles. The molecule has 0 spiro atoms. The first-order valence-electron chi connectivity index (χ1n) is 12.6. The predicted molar refractivity (Wildman–Crippen MR) is 129 cm³/mol. The fraction of sp³-hybridized carbons (Fsp3) is 0.464. The van der Waals surface area contributed by atoms with Crippen LogP contribution in [-0.2, 0) is 14.3 Å². The van der Waals surface area contributed by atoms with E-state index in [-0.39, 0.29) is 30.4 Å². The Morgan fingerprint density at radius 1 is 1.00 bits per heavy atom. The molecule has 0 radical (unpaired) electrons. The maximum absolute atomic E-state index is 13.1. The van der Waals surface area contributed by atoms with Gasteiger partial charge in [-0.2, -0.15) is 0 Å². The number of alkyl carbamates (subject to hydrolysis) is 1. The third kappa shape index (κ3) is 4.07. The summed E-state index contributed by atoms with van der Waals surface area (Å²) in [7, 11) is 0. The van der Waals surface area contributed by atoms with E-state index in [2.05, 4.69) is 34.9 Å². The zero-order valence-electron chi connectivity index (χ0n) is 19.5. The number of fused-ring (bicyclic) bond motifs is 4. The number of nitrogens with one attached hydrogen (secondary N) is 2. The van der Waals surface area contributed by atoms with Crippen molar-refractivity contribution in [1.82, 2.24) is 10.6 Å². The van der Waals surface area contributed by atoms with Gasteiger partial charge in [0.2, 0.25) is 5.91 Å². The van der Waals surface area contributed by atoms with Crippen molar-refractivity contribution in [2.24, 2.45) is 17.3 Å². The minimum atomic E-state index is -0.759. The van der Waals surface area contributed by atoms with Crippen LogP contribution in [0.1, 0.15) is 55.6 Å². The van der Waals surface area contributed by atoms with Gasteiger partial charge in [-0.1, -0.05) is 61.4 Å². The second-order valence-corrected chi connectivity index (χ2v) is 10.7. The van der Waals surface area contributed by atoms with Gasteiger partial charge in [-0.15, -0.1) is 0 Å². The molecule has 0 unspecified atom stereocenters. The fourth-order valence-electron chi connectivity index (χ4n) is 6.27. The van der Waals surface area contributed by atoms with E-state index >= 15 is 0 Å². The lowest BCUT2D eigenvalue weighted by atomic mass is 9.98. The van der Waals surface area contributed by atoms with E-state index in [1.807, 2.05) is 24.3 Å². The predicted octanol–water partition coefficient (Wildman–Crippen LogP) is 4.06. The number of benzene rings is 2. The quantitative estimate of drug-likeness (QED) is 0.535. The van der Waals surface area contributed by atoms with Crippen LogP contribution in [-0.4, -0.2) is 41.8 Å². The van der Waals surface area contributed by atoms with Crippen molar-refractivity contribution in [3.05, 3.63) is 59.7 Å². The summed E-state index contributed by atoms with van der Waals surface area (Å²) < 4.78 is 5.66. The van der Waals surface area contributed by atoms with Gasteiger partial charge in [-0.3, -0.25) is 9.59 Å². The van der Waals surface area contributed by atoms with Crippen molar-refractivity contribution in [3.8, 4) is 11.1 Å². The molecule has 4 aliphatic carbocycles. The lowest BCUT2D eigenvalue weighted by molar-refractivity contribution is -0.143. The lowest BCUT2D eigenvalue weighted by Gasteiger charge is -2.23. The van der Waals surface area contributed by atoms with E-state index in [0.717, 1.165) is 35.1 Å². The van der Waals surface area contributed by atoms with Gasteiger partial charge in [-0.25, -0.2) is 4.79 Å². The molecule has 2 aromatic carbocycles. The van der Waals surface area contributed by atoms with E-state index in [4.69, 9.17) is 4.74 Å². The number of ether oxygens (including phenoxy) is 1. The van der Waals surface area contributed by atoms with Crippen molar-refractivity contribution < 1.29 is 24.2 Å². The zero-order chi connectivity index (χ0) is 24.2. The average molecular weight is 475 g/mol. The SMILES string of the molecule is O=C(N[C@@H](CC1CC1)C(=O)N[C@@H]1C[C@H]2C[C@@]2(C(=O)O)C1)OCC1c2ccccc2-c2ccccc21. The van der Waals surface area contributed by atoms with Gasteiger partial charge in [0, 0.05) is 12.0 Å². The van der Waals surface area contributed by atoms with E-state index < -0.39 is 23.5 Å². The minimum Gasteiger partial charge on any atom is -0.481 e. The maximum Gasteiger partial charge on any atom is 0.407 e. The maximum atomic E-state index is 13.1. The summed E-state index contributed by atoms with van der Waals surface area (Å²) in [5.41, 5.74) is 3.96. The molecule has 7 nitrogen and oxygen atoms in total. The van der Waals surface area contributed by atoms with Gasteiger partial charge in [0.05, 0.1) is 5.41 Å². The van der Waals surface area contributed by atoms with Crippen molar-refractivity contribution in [2.45, 2.75) is 56.5 Å². The average Bonchev–Trinajstić information content (AvgIpc) is 3.74. The molecular formula is C28H30N2O5. The Morgan fingerprint density at radius 3 is 2.26 bits per heavy atom. The Bertz CT molecular complexity index is 1150. The molecule has 4 atom stereocenters. The monoisotopic (exact) mass is 474 g/mol. The smallest absolute Gasteiger partial charge is 0.407 e. The van der Waals surface area contributed by atoms with Crippen LogP contribution in [0.5, 0.6) is 0 Å². The molecule has 3 fully saturated rings. The molecule has 3 saturated carbocycles. The second-order valence-electron chi connectivity index (χ2n) is 10.7. The number of carboxylic acids is 1. The lowest BCUT2D eigenvalue weighted by Crippen LogP contribution is -2.50. The first kappa shape index (κ1) is 22.1. The summed E-state index contributed by atoms with van der Waals surface area (Å²) in [6.07, 6.45) is 3.98. The Kier molecular flexibility index (Phi) is 5.31.